The summed E-state index contributed by atoms with van der Waals surface area (Å²) in [6, 6.07) is -0.224. The molecule has 0 N–H and O–H groups in total. The quantitative estimate of drug-likeness (QED) is 0.411. The second-order valence-electron chi connectivity index (χ2n) is 4.10. The predicted octanol–water partition coefficient (Wildman–Crippen LogP) is 2.72. The van der Waals surface area contributed by atoms with E-state index in [1.165, 1.54) is 0 Å². The fourth-order valence-electron chi connectivity index (χ4n) is 2.16. The van der Waals surface area contributed by atoms with Crippen molar-refractivity contribution in [3.63, 3.8) is 0 Å². The molecule has 0 amide bonds. The highest BCUT2D eigenvalue weighted by Gasteiger charge is 2.40. The first kappa shape index (κ1) is 12.3. The van der Waals surface area contributed by atoms with Crippen LogP contribution in [0.2, 0.25) is 0 Å². The molecule has 86 valence electrons. The molecule has 0 aromatic heterocycles. The van der Waals surface area contributed by atoms with Gasteiger partial charge in [-0.05, 0) is 23.8 Å². The molecule has 5 atom stereocenters. The molecule has 1 saturated heterocycles. The smallest absolute Gasteiger partial charge is 0.166 e. The average molecular weight is 213 g/mol. The molecule has 0 aliphatic carbocycles. The molecule has 0 saturated carbocycles. The molecular formula is C10H19N3O2. The summed E-state index contributed by atoms with van der Waals surface area (Å²) in [7, 11) is 1.58. The van der Waals surface area contributed by atoms with E-state index >= 15 is 0 Å². The Morgan fingerprint density at radius 3 is 2.53 bits per heavy atom. The van der Waals surface area contributed by atoms with E-state index < -0.39 is 6.29 Å². The van der Waals surface area contributed by atoms with Gasteiger partial charge in [0.25, 0.3) is 0 Å². The van der Waals surface area contributed by atoms with E-state index in [2.05, 4.69) is 30.8 Å². The van der Waals surface area contributed by atoms with E-state index in [1.54, 1.807) is 7.11 Å². The lowest BCUT2D eigenvalue weighted by atomic mass is 9.81. The predicted molar refractivity (Wildman–Crippen MR) is 57.2 cm³/mol. The minimum atomic E-state index is -0.406. The third-order valence-corrected chi connectivity index (χ3v) is 3.36. The molecular weight excluding hydrogens is 194 g/mol. The van der Waals surface area contributed by atoms with E-state index in [4.69, 9.17) is 15.0 Å². The van der Waals surface area contributed by atoms with Crippen LogP contribution >= 0.6 is 0 Å². The highest BCUT2D eigenvalue weighted by atomic mass is 16.7. The first-order chi connectivity index (χ1) is 7.15. The number of hydrogen-bond donors (Lipinski definition) is 0. The minimum absolute atomic E-state index is 0.190. The van der Waals surface area contributed by atoms with Crippen LogP contribution in [0.3, 0.4) is 0 Å². The lowest BCUT2D eigenvalue weighted by Gasteiger charge is -2.42. The molecule has 0 spiro atoms. The van der Waals surface area contributed by atoms with Crippen molar-refractivity contribution in [2.45, 2.75) is 45.6 Å². The molecule has 2 unspecified atom stereocenters. The van der Waals surface area contributed by atoms with Crippen LogP contribution in [0.15, 0.2) is 5.11 Å². The molecule has 5 nitrogen and oxygen atoms in total. The molecule has 1 heterocycles. The van der Waals surface area contributed by atoms with Crippen molar-refractivity contribution in [3.05, 3.63) is 10.4 Å². The molecule has 1 rings (SSSR count). The first-order valence-corrected chi connectivity index (χ1v) is 5.38. The maximum atomic E-state index is 8.51. The molecule has 0 aromatic rings. The Balaban J connectivity index is 2.83. The zero-order valence-corrected chi connectivity index (χ0v) is 9.75. The summed E-state index contributed by atoms with van der Waals surface area (Å²) in [6.45, 7) is 6.31. The molecule has 5 heteroatoms. The maximum Gasteiger partial charge on any atom is 0.166 e. The highest BCUT2D eigenvalue weighted by molar-refractivity contribution is 4.88. The number of methoxy groups -OCH3 is 1. The number of ether oxygens (including phenoxy) is 2. The molecule has 1 aliphatic rings. The van der Waals surface area contributed by atoms with Gasteiger partial charge in [-0.15, -0.1) is 0 Å². The number of rotatable bonds is 3. The van der Waals surface area contributed by atoms with Crippen molar-refractivity contribution in [2.24, 2.45) is 17.0 Å². The van der Waals surface area contributed by atoms with Crippen LogP contribution in [0.4, 0.5) is 0 Å². The Morgan fingerprint density at radius 1 is 1.40 bits per heavy atom. The lowest BCUT2D eigenvalue weighted by molar-refractivity contribution is -0.219. The highest BCUT2D eigenvalue weighted by Crippen LogP contribution is 2.34. The van der Waals surface area contributed by atoms with Crippen LogP contribution in [0.25, 0.3) is 10.4 Å². The Morgan fingerprint density at radius 2 is 2.07 bits per heavy atom. The van der Waals surface area contributed by atoms with Crippen LogP contribution < -0.4 is 0 Å². The van der Waals surface area contributed by atoms with Gasteiger partial charge in [0.15, 0.2) is 6.29 Å². The zero-order chi connectivity index (χ0) is 11.4. The number of nitrogens with zero attached hydrogens (tertiary/aromatic N) is 3. The fourth-order valence-corrected chi connectivity index (χ4v) is 2.16. The van der Waals surface area contributed by atoms with Gasteiger partial charge >= 0.3 is 0 Å². The van der Waals surface area contributed by atoms with Gasteiger partial charge in [0, 0.05) is 12.0 Å². The van der Waals surface area contributed by atoms with Crippen molar-refractivity contribution in [2.75, 3.05) is 7.11 Å². The van der Waals surface area contributed by atoms with Gasteiger partial charge in [-0.3, -0.25) is 0 Å². The van der Waals surface area contributed by atoms with E-state index in [1.807, 2.05) is 0 Å². The second kappa shape index (κ2) is 5.35. The Bertz CT molecular complexity index is 251. The van der Waals surface area contributed by atoms with Gasteiger partial charge in [-0.1, -0.05) is 25.9 Å². The van der Waals surface area contributed by atoms with Gasteiger partial charge in [-0.25, -0.2) is 0 Å². The average Bonchev–Trinajstić information content (AvgIpc) is 2.25. The van der Waals surface area contributed by atoms with Gasteiger partial charge in [0.05, 0.1) is 12.1 Å². The van der Waals surface area contributed by atoms with Crippen molar-refractivity contribution in [3.8, 4) is 0 Å². The van der Waals surface area contributed by atoms with Crippen LogP contribution in [0.1, 0.15) is 27.2 Å². The largest absolute Gasteiger partial charge is 0.355 e. The topological polar surface area (TPSA) is 67.2 Å². The molecule has 15 heavy (non-hydrogen) atoms. The summed E-state index contributed by atoms with van der Waals surface area (Å²) in [5.74, 6) is 0.668. The molecule has 1 aliphatic heterocycles. The fraction of sp³-hybridized carbons (Fsp3) is 1.00. The van der Waals surface area contributed by atoms with E-state index in [-0.39, 0.29) is 18.1 Å². The minimum Gasteiger partial charge on any atom is -0.355 e. The van der Waals surface area contributed by atoms with Gasteiger partial charge in [0.2, 0.25) is 0 Å². The Hall–Kier alpha value is -0.770. The standard InChI is InChI=1S/C10H19N3O2/c1-5-8-6(2)7(3)9(12-13-11)10(14-4)15-8/h6-10H,5H2,1-4H3/t6-,7-,8?,9?,10-/m1/s1. The van der Waals surface area contributed by atoms with Crippen molar-refractivity contribution in [1.82, 2.24) is 0 Å². The van der Waals surface area contributed by atoms with E-state index in [9.17, 15) is 0 Å². The third-order valence-electron chi connectivity index (χ3n) is 3.36. The van der Waals surface area contributed by atoms with E-state index in [0.717, 1.165) is 6.42 Å². The normalized spacial score (nSPS) is 40.9. The summed E-state index contributed by atoms with van der Waals surface area (Å²) in [5, 5.41) is 3.77. The summed E-state index contributed by atoms with van der Waals surface area (Å²) in [6.07, 6.45) is 0.737. The van der Waals surface area contributed by atoms with Crippen LogP contribution in [0.5, 0.6) is 0 Å². The van der Waals surface area contributed by atoms with Crippen LogP contribution in [-0.2, 0) is 9.47 Å². The molecule has 1 fully saturated rings. The third kappa shape index (κ3) is 2.43. The molecule has 0 bridgehead atoms. The molecule has 0 radical (unpaired) electrons. The van der Waals surface area contributed by atoms with Gasteiger partial charge in [0.1, 0.15) is 0 Å². The number of azide groups is 1. The van der Waals surface area contributed by atoms with Crippen molar-refractivity contribution in [1.29, 1.82) is 0 Å². The van der Waals surface area contributed by atoms with Crippen molar-refractivity contribution < 1.29 is 9.47 Å². The maximum absolute atomic E-state index is 8.51. The monoisotopic (exact) mass is 213 g/mol. The second-order valence-corrected chi connectivity index (χ2v) is 4.10. The summed E-state index contributed by atoms with van der Waals surface area (Å²) < 4.78 is 11.0. The number of hydrogen-bond acceptors (Lipinski definition) is 3. The zero-order valence-electron chi connectivity index (χ0n) is 9.75. The summed E-state index contributed by atoms with van der Waals surface area (Å²) in [5.41, 5.74) is 8.51. The first-order valence-electron chi connectivity index (χ1n) is 5.38. The van der Waals surface area contributed by atoms with Crippen LogP contribution in [-0.4, -0.2) is 25.5 Å². The van der Waals surface area contributed by atoms with Gasteiger partial charge in [-0.2, -0.15) is 0 Å². The Kier molecular flexibility index (Phi) is 4.39. The Labute approximate surface area is 90.4 Å². The lowest BCUT2D eigenvalue weighted by Crippen LogP contribution is -2.48. The molecule has 0 aromatic carbocycles. The summed E-state index contributed by atoms with van der Waals surface area (Å²) in [4.78, 5) is 2.86. The van der Waals surface area contributed by atoms with E-state index in [0.29, 0.717) is 5.92 Å². The SMILES string of the molecule is CCC1O[C@@H](OC)C(N=[N+]=[N-])[C@H](C)[C@H]1C. The van der Waals surface area contributed by atoms with Gasteiger partial charge < -0.3 is 9.47 Å². The van der Waals surface area contributed by atoms with Crippen molar-refractivity contribution >= 4 is 0 Å². The van der Waals surface area contributed by atoms with Crippen LogP contribution in [0, 0.1) is 11.8 Å². The summed E-state index contributed by atoms with van der Waals surface area (Å²) >= 11 is 0.